The van der Waals surface area contributed by atoms with Crippen molar-refractivity contribution in [1.82, 2.24) is 9.21 Å². The number of sulfonamides is 1. The van der Waals surface area contributed by atoms with E-state index in [1.165, 1.54) is 22.4 Å². The van der Waals surface area contributed by atoms with E-state index in [0.29, 0.717) is 15.9 Å². The van der Waals surface area contributed by atoms with Crippen molar-refractivity contribution >= 4 is 37.7 Å². The summed E-state index contributed by atoms with van der Waals surface area (Å²) < 4.78 is 40.2. The van der Waals surface area contributed by atoms with Crippen LogP contribution in [0.15, 0.2) is 51.8 Å². The molecule has 2 aromatic rings. The van der Waals surface area contributed by atoms with E-state index in [9.17, 15) is 18.3 Å². The van der Waals surface area contributed by atoms with Crippen molar-refractivity contribution in [2.45, 2.75) is 30.9 Å². The number of nitrogens with zero attached hydrogens (tertiary/aromatic N) is 2. The number of ether oxygens (including phenoxy) is 2. The van der Waals surface area contributed by atoms with Crippen LogP contribution in [0.25, 0.3) is 0 Å². The number of nitrogens with one attached hydrogen (secondary N) is 1. The highest BCUT2D eigenvalue weighted by Gasteiger charge is 2.38. The minimum absolute atomic E-state index is 0.0222. The minimum Gasteiger partial charge on any atom is -0.495 e. The summed E-state index contributed by atoms with van der Waals surface area (Å²) in [6, 6.07) is 10.8. The Hall–Kier alpha value is -2.34. The van der Waals surface area contributed by atoms with E-state index < -0.39 is 22.2 Å². The molecule has 0 aliphatic carbocycles. The Morgan fingerprint density at radius 3 is 2.74 bits per heavy atom. The van der Waals surface area contributed by atoms with Gasteiger partial charge in [0.15, 0.2) is 0 Å². The van der Waals surface area contributed by atoms with Gasteiger partial charge in [-0.05, 0) is 37.3 Å². The zero-order valence-corrected chi connectivity index (χ0v) is 22.0. The Morgan fingerprint density at radius 1 is 1.35 bits per heavy atom. The smallest absolute Gasteiger partial charge is 0.321 e. The number of aliphatic hydroxyl groups is 1. The first-order valence-corrected chi connectivity index (χ1v) is 13.1. The van der Waals surface area contributed by atoms with Crippen molar-refractivity contribution in [1.29, 1.82) is 0 Å². The van der Waals surface area contributed by atoms with Gasteiger partial charge in [0.1, 0.15) is 22.5 Å². The largest absolute Gasteiger partial charge is 0.495 e. The molecule has 0 fully saturated rings. The van der Waals surface area contributed by atoms with Gasteiger partial charge in [-0.15, -0.1) is 0 Å². The maximum atomic E-state index is 13.4. The molecular weight excluding hydrogens is 526 g/mol. The van der Waals surface area contributed by atoms with Crippen LogP contribution in [-0.2, 0) is 10.0 Å². The Bertz CT molecular complexity index is 1130. The van der Waals surface area contributed by atoms with Gasteiger partial charge in [-0.2, -0.15) is 4.31 Å². The maximum Gasteiger partial charge on any atom is 0.321 e. The summed E-state index contributed by atoms with van der Waals surface area (Å²) in [5, 5.41) is 12.5. The predicted octanol–water partition coefficient (Wildman–Crippen LogP) is 3.39. The minimum atomic E-state index is -3.90. The molecule has 2 aromatic carbocycles. The van der Waals surface area contributed by atoms with Crippen molar-refractivity contribution in [3.05, 3.63) is 46.9 Å². The van der Waals surface area contributed by atoms with Gasteiger partial charge in [-0.1, -0.05) is 35.0 Å². The maximum absolute atomic E-state index is 13.4. The molecule has 0 aromatic heterocycles. The third-order valence-electron chi connectivity index (χ3n) is 5.78. The molecule has 2 amide bonds. The zero-order valence-electron chi connectivity index (χ0n) is 19.6. The van der Waals surface area contributed by atoms with Crippen LogP contribution >= 0.6 is 15.9 Å². The Labute approximate surface area is 208 Å². The summed E-state index contributed by atoms with van der Waals surface area (Å²) in [6.45, 7) is 3.55. The molecule has 1 aliphatic rings. The summed E-state index contributed by atoms with van der Waals surface area (Å²) in [5.41, 5.74) is 0.539. The van der Waals surface area contributed by atoms with Gasteiger partial charge in [-0.25, -0.2) is 13.2 Å². The Morgan fingerprint density at radius 2 is 2.06 bits per heavy atom. The molecule has 3 rings (SSSR count). The molecule has 0 saturated heterocycles. The lowest BCUT2D eigenvalue weighted by Gasteiger charge is -2.37. The second-order valence-electron chi connectivity index (χ2n) is 8.34. The molecule has 0 unspecified atom stereocenters. The van der Waals surface area contributed by atoms with E-state index >= 15 is 0 Å². The van der Waals surface area contributed by atoms with Gasteiger partial charge >= 0.3 is 6.03 Å². The molecule has 0 saturated carbocycles. The van der Waals surface area contributed by atoms with E-state index in [-0.39, 0.29) is 42.3 Å². The number of rotatable bonds is 6. The zero-order chi connectivity index (χ0) is 25.0. The monoisotopic (exact) mass is 555 g/mol. The standard InChI is InChI=1S/C23H30BrN3O6S/c1-15-12-27(16(2)14-28)34(30,31)22-10-9-17(24)11-20(22)33-21(15)13-26(3)23(29)25-18-7-5-6-8-19(18)32-4/h5-11,15-16,21,28H,12-14H2,1-4H3,(H,25,29)/t15-,16+,21+/m0/s1. The number of carbonyl (C=O) groups excluding carboxylic acids is 1. The first-order valence-electron chi connectivity index (χ1n) is 10.8. The molecule has 0 bridgehead atoms. The first kappa shape index (κ1) is 26.3. The van der Waals surface area contributed by atoms with Gasteiger partial charge < -0.3 is 24.8 Å². The van der Waals surface area contributed by atoms with Crippen molar-refractivity contribution in [3.63, 3.8) is 0 Å². The molecule has 2 N–H and O–H groups in total. The number of halogens is 1. The number of amides is 2. The highest BCUT2D eigenvalue weighted by atomic mass is 79.9. The number of para-hydroxylation sites is 2. The molecule has 0 radical (unpaired) electrons. The van der Waals surface area contributed by atoms with Gasteiger partial charge in [-0.3, -0.25) is 0 Å². The van der Waals surface area contributed by atoms with Crippen molar-refractivity contribution in [2.75, 3.05) is 39.2 Å². The quantitative estimate of drug-likeness (QED) is 0.565. The van der Waals surface area contributed by atoms with Gasteiger partial charge in [0.25, 0.3) is 0 Å². The van der Waals surface area contributed by atoms with Crippen LogP contribution in [0.3, 0.4) is 0 Å². The number of fused-ring (bicyclic) bond motifs is 1. The summed E-state index contributed by atoms with van der Waals surface area (Å²) >= 11 is 3.38. The first-order chi connectivity index (χ1) is 16.1. The number of aliphatic hydroxyl groups excluding tert-OH is 1. The molecule has 1 heterocycles. The molecule has 9 nitrogen and oxygen atoms in total. The van der Waals surface area contributed by atoms with E-state index in [2.05, 4.69) is 21.2 Å². The van der Waals surface area contributed by atoms with Crippen LogP contribution < -0.4 is 14.8 Å². The fourth-order valence-electron chi connectivity index (χ4n) is 3.73. The number of carbonyl (C=O) groups is 1. The van der Waals surface area contributed by atoms with Crippen molar-refractivity contribution in [3.8, 4) is 11.5 Å². The highest BCUT2D eigenvalue weighted by Crippen LogP contribution is 2.35. The average molecular weight is 556 g/mol. The lowest BCUT2D eigenvalue weighted by molar-refractivity contribution is 0.0829. The SMILES string of the molecule is COc1ccccc1NC(=O)N(C)C[C@H]1Oc2cc(Br)ccc2S(=O)(=O)N([C@H](C)CO)C[C@@H]1C. The molecule has 0 spiro atoms. The van der Waals surface area contributed by atoms with Crippen LogP contribution in [0.2, 0.25) is 0 Å². The molecule has 1 aliphatic heterocycles. The summed E-state index contributed by atoms with van der Waals surface area (Å²) in [5.74, 6) is 0.453. The molecule has 3 atom stereocenters. The summed E-state index contributed by atoms with van der Waals surface area (Å²) in [6.07, 6.45) is -0.509. The Balaban J connectivity index is 1.89. The fraction of sp³-hybridized carbons (Fsp3) is 0.435. The normalized spacial score (nSPS) is 20.8. The van der Waals surface area contributed by atoms with E-state index in [1.54, 1.807) is 44.3 Å². The number of benzene rings is 2. The van der Waals surface area contributed by atoms with Crippen LogP contribution in [0.1, 0.15) is 13.8 Å². The third-order valence-corrected chi connectivity index (χ3v) is 8.29. The summed E-state index contributed by atoms with van der Waals surface area (Å²) in [4.78, 5) is 14.4. The van der Waals surface area contributed by atoms with Gasteiger partial charge in [0.05, 0.1) is 25.9 Å². The molecule has 34 heavy (non-hydrogen) atoms. The molecule has 11 heteroatoms. The average Bonchev–Trinajstić information content (AvgIpc) is 2.80. The second-order valence-corrected chi connectivity index (χ2v) is 11.1. The van der Waals surface area contributed by atoms with Crippen LogP contribution in [0.5, 0.6) is 11.5 Å². The predicted molar refractivity (Wildman–Crippen MR) is 133 cm³/mol. The van der Waals surface area contributed by atoms with E-state index in [4.69, 9.17) is 9.47 Å². The van der Waals surface area contributed by atoms with Crippen molar-refractivity contribution in [2.24, 2.45) is 5.92 Å². The molecular formula is C23H30BrN3O6S. The number of urea groups is 1. The number of anilines is 1. The number of methoxy groups -OCH3 is 1. The number of hydrogen-bond acceptors (Lipinski definition) is 6. The number of hydrogen-bond donors (Lipinski definition) is 2. The summed E-state index contributed by atoms with van der Waals surface area (Å²) in [7, 11) is -0.725. The Kier molecular flexibility index (Phi) is 8.45. The lowest BCUT2D eigenvalue weighted by atomic mass is 10.0. The van der Waals surface area contributed by atoms with Gasteiger partial charge in [0.2, 0.25) is 10.0 Å². The van der Waals surface area contributed by atoms with Gasteiger partial charge in [0, 0.05) is 30.0 Å². The number of likely N-dealkylation sites (N-methyl/N-ethyl adjacent to an activating group) is 1. The van der Waals surface area contributed by atoms with Crippen molar-refractivity contribution < 1.29 is 27.8 Å². The van der Waals surface area contributed by atoms with E-state index in [0.717, 1.165) is 0 Å². The van der Waals surface area contributed by atoms with Crippen LogP contribution in [-0.4, -0.2) is 74.8 Å². The third kappa shape index (κ3) is 5.65. The van der Waals surface area contributed by atoms with Crippen LogP contribution in [0.4, 0.5) is 10.5 Å². The topological polar surface area (TPSA) is 108 Å². The van der Waals surface area contributed by atoms with Crippen LogP contribution in [0, 0.1) is 5.92 Å². The van der Waals surface area contributed by atoms with E-state index in [1.807, 2.05) is 13.0 Å². The second kappa shape index (κ2) is 10.9. The molecule has 186 valence electrons. The fourth-order valence-corrected chi connectivity index (χ4v) is 5.89. The lowest BCUT2D eigenvalue weighted by Crippen LogP contribution is -2.50. The highest BCUT2D eigenvalue weighted by molar-refractivity contribution is 9.10.